The molecule has 2 heterocycles. The van der Waals surface area contributed by atoms with Crippen molar-refractivity contribution in [3.05, 3.63) is 52.1 Å². The third-order valence-corrected chi connectivity index (χ3v) is 3.90. The SMILES string of the molecule is O=Cc1c(F)cc(-n2ccc(NC(=O)N3CCNCC3)nc2=O)cc1F. The summed E-state index contributed by atoms with van der Waals surface area (Å²) < 4.78 is 28.3. The van der Waals surface area contributed by atoms with E-state index in [9.17, 15) is 23.2 Å². The van der Waals surface area contributed by atoms with E-state index in [1.54, 1.807) is 4.90 Å². The molecule has 10 heteroatoms. The van der Waals surface area contributed by atoms with Crippen LogP contribution in [0.25, 0.3) is 5.69 Å². The van der Waals surface area contributed by atoms with Crippen LogP contribution in [0.4, 0.5) is 19.4 Å². The number of aldehydes is 1. The van der Waals surface area contributed by atoms with Gasteiger partial charge in [-0.15, -0.1) is 0 Å². The lowest BCUT2D eigenvalue weighted by atomic mass is 10.2. The van der Waals surface area contributed by atoms with Crippen molar-refractivity contribution in [3.63, 3.8) is 0 Å². The van der Waals surface area contributed by atoms with Crippen LogP contribution in [0.2, 0.25) is 0 Å². The van der Waals surface area contributed by atoms with Crippen LogP contribution >= 0.6 is 0 Å². The number of urea groups is 1. The molecule has 136 valence electrons. The Labute approximate surface area is 146 Å². The molecule has 1 aliphatic heterocycles. The van der Waals surface area contributed by atoms with Gasteiger partial charge in [-0.2, -0.15) is 4.98 Å². The van der Waals surface area contributed by atoms with Crippen LogP contribution in [0.3, 0.4) is 0 Å². The fourth-order valence-corrected chi connectivity index (χ4v) is 2.55. The van der Waals surface area contributed by atoms with Gasteiger partial charge in [0.1, 0.15) is 17.5 Å². The van der Waals surface area contributed by atoms with Gasteiger partial charge in [0, 0.05) is 32.4 Å². The Balaban J connectivity index is 1.83. The first-order valence-electron chi connectivity index (χ1n) is 7.80. The number of amides is 2. The number of hydrogen-bond acceptors (Lipinski definition) is 5. The van der Waals surface area contributed by atoms with Crippen molar-refractivity contribution in [2.45, 2.75) is 0 Å². The van der Waals surface area contributed by atoms with Crippen LogP contribution in [0.5, 0.6) is 0 Å². The van der Waals surface area contributed by atoms with Crippen molar-refractivity contribution in [2.75, 3.05) is 31.5 Å². The smallest absolute Gasteiger partial charge is 0.322 e. The van der Waals surface area contributed by atoms with Gasteiger partial charge in [0.15, 0.2) is 6.29 Å². The molecule has 0 radical (unpaired) electrons. The molecular weight excluding hydrogens is 348 g/mol. The fraction of sp³-hybridized carbons (Fsp3) is 0.250. The summed E-state index contributed by atoms with van der Waals surface area (Å²) in [5, 5.41) is 5.62. The number of nitrogens with one attached hydrogen (secondary N) is 2. The Kier molecular flexibility index (Phi) is 5.03. The van der Waals surface area contributed by atoms with Crippen molar-refractivity contribution in [2.24, 2.45) is 0 Å². The molecule has 1 aliphatic rings. The van der Waals surface area contributed by atoms with Gasteiger partial charge in [0.05, 0.1) is 11.3 Å². The summed E-state index contributed by atoms with van der Waals surface area (Å²) >= 11 is 0. The van der Waals surface area contributed by atoms with E-state index in [0.29, 0.717) is 26.2 Å². The molecular formula is C16H15F2N5O3. The number of nitrogens with zero attached hydrogens (tertiary/aromatic N) is 3. The zero-order valence-corrected chi connectivity index (χ0v) is 13.5. The topological polar surface area (TPSA) is 96.3 Å². The third-order valence-electron chi connectivity index (χ3n) is 3.90. The molecule has 26 heavy (non-hydrogen) atoms. The minimum absolute atomic E-state index is 0.0280. The fourth-order valence-electron chi connectivity index (χ4n) is 2.55. The lowest BCUT2D eigenvalue weighted by Crippen LogP contribution is -2.48. The lowest BCUT2D eigenvalue weighted by molar-refractivity contribution is 0.111. The van der Waals surface area contributed by atoms with Crippen LogP contribution in [0.1, 0.15) is 10.4 Å². The Bertz CT molecular complexity index is 886. The maximum absolute atomic E-state index is 13.7. The Morgan fingerprint density at radius 1 is 1.23 bits per heavy atom. The van der Waals surface area contributed by atoms with E-state index in [4.69, 9.17) is 0 Å². The number of anilines is 1. The number of aromatic nitrogens is 2. The third kappa shape index (κ3) is 3.59. The average Bonchev–Trinajstić information content (AvgIpc) is 2.62. The second kappa shape index (κ2) is 7.40. The predicted octanol–water partition coefficient (Wildman–Crippen LogP) is 0.760. The van der Waals surface area contributed by atoms with Crippen LogP contribution < -0.4 is 16.3 Å². The van der Waals surface area contributed by atoms with E-state index < -0.39 is 22.9 Å². The van der Waals surface area contributed by atoms with E-state index in [-0.39, 0.29) is 23.8 Å². The molecule has 0 bridgehead atoms. The standard InChI is InChI=1S/C16H15F2N5O3/c17-12-7-10(8-13(18)11(12)9-24)23-4-1-14(21-16(23)26)20-15(25)22-5-2-19-3-6-22/h1,4,7-9,19H,2-3,5-6H2,(H,20,21,25,26). The minimum atomic E-state index is -1.09. The first-order chi connectivity index (χ1) is 12.5. The normalized spacial score (nSPS) is 14.2. The highest BCUT2D eigenvalue weighted by Gasteiger charge is 2.17. The zero-order chi connectivity index (χ0) is 18.7. The van der Waals surface area contributed by atoms with Crippen LogP contribution in [0.15, 0.2) is 29.2 Å². The maximum atomic E-state index is 13.7. The molecule has 1 saturated heterocycles. The first-order valence-corrected chi connectivity index (χ1v) is 7.80. The lowest BCUT2D eigenvalue weighted by Gasteiger charge is -2.27. The molecule has 1 fully saturated rings. The van der Waals surface area contributed by atoms with E-state index in [2.05, 4.69) is 15.6 Å². The number of piperazine rings is 1. The van der Waals surface area contributed by atoms with Crippen molar-refractivity contribution < 1.29 is 18.4 Å². The highest BCUT2D eigenvalue weighted by molar-refractivity contribution is 5.88. The molecule has 0 unspecified atom stereocenters. The molecule has 0 aliphatic carbocycles. The quantitative estimate of drug-likeness (QED) is 0.785. The summed E-state index contributed by atoms with van der Waals surface area (Å²) in [5.41, 5.74) is -1.67. The number of halogens is 2. The Hall–Kier alpha value is -3.14. The maximum Gasteiger partial charge on any atom is 0.354 e. The Morgan fingerprint density at radius 3 is 2.46 bits per heavy atom. The molecule has 0 saturated carbocycles. The zero-order valence-electron chi connectivity index (χ0n) is 13.5. The summed E-state index contributed by atoms with van der Waals surface area (Å²) in [4.78, 5) is 40.2. The minimum Gasteiger partial charge on any atom is -0.322 e. The summed E-state index contributed by atoms with van der Waals surface area (Å²) in [5.74, 6) is -2.14. The van der Waals surface area contributed by atoms with Gasteiger partial charge in [-0.3, -0.25) is 14.7 Å². The van der Waals surface area contributed by atoms with Gasteiger partial charge < -0.3 is 10.2 Å². The molecule has 1 aromatic heterocycles. The van der Waals surface area contributed by atoms with Crippen molar-refractivity contribution in [1.82, 2.24) is 19.8 Å². The molecule has 8 nitrogen and oxygen atoms in total. The second-order valence-corrected chi connectivity index (χ2v) is 5.57. The summed E-state index contributed by atoms with van der Waals surface area (Å²) in [6, 6.07) is 2.66. The number of carbonyl (C=O) groups excluding carboxylic acids is 2. The Morgan fingerprint density at radius 2 is 1.88 bits per heavy atom. The predicted molar refractivity (Wildman–Crippen MR) is 88.6 cm³/mol. The van der Waals surface area contributed by atoms with Crippen LogP contribution in [0, 0.1) is 11.6 Å². The molecule has 2 amide bonds. The van der Waals surface area contributed by atoms with Crippen LogP contribution in [-0.4, -0.2) is 52.9 Å². The largest absolute Gasteiger partial charge is 0.354 e. The second-order valence-electron chi connectivity index (χ2n) is 5.57. The molecule has 3 rings (SSSR count). The first kappa shape index (κ1) is 17.7. The van der Waals surface area contributed by atoms with E-state index in [1.165, 1.54) is 12.3 Å². The number of carbonyl (C=O) groups is 2. The van der Waals surface area contributed by atoms with Crippen molar-refractivity contribution in [3.8, 4) is 5.69 Å². The highest BCUT2D eigenvalue weighted by atomic mass is 19.1. The van der Waals surface area contributed by atoms with Gasteiger partial charge in [-0.05, 0) is 18.2 Å². The van der Waals surface area contributed by atoms with Crippen LogP contribution in [-0.2, 0) is 0 Å². The van der Waals surface area contributed by atoms with E-state index in [1.807, 2.05) is 0 Å². The molecule has 2 aromatic rings. The monoisotopic (exact) mass is 363 g/mol. The number of hydrogen-bond donors (Lipinski definition) is 2. The van der Waals surface area contributed by atoms with Gasteiger partial charge in [0.2, 0.25) is 0 Å². The average molecular weight is 363 g/mol. The van der Waals surface area contributed by atoms with Gasteiger partial charge in [-0.1, -0.05) is 0 Å². The number of benzene rings is 1. The highest BCUT2D eigenvalue weighted by Crippen LogP contribution is 2.16. The summed E-state index contributed by atoms with van der Waals surface area (Å²) in [7, 11) is 0. The van der Waals surface area contributed by atoms with Gasteiger partial charge in [-0.25, -0.2) is 18.4 Å². The van der Waals surface area contributed by atoms with E-state index >= 15 is 0 Å². The van der Waals surface area contributed by atoms with Crippen molar-refractivity contribution in [1.29, 1.82) is 0 Å². The van der Waals surface area contributed by atoms with Crippen molar-refractivity contribution >= 4 is 18.1 Å². The molecule has 0 atom stereocenters. The van der Waals surface area contributed by atoms with Gasteiger partial charge in [0.25, 0.3) is 0 Å². The molecule has 0 spiro atoms. The number of rotatable bonds is 3. The van der Waals surface area contributed by atoms with E-state index in [0.717, 1.165) is 16.7 Å². The summed E-state index contributed by atoms with van der Waals surface area (Å²) in [6.45, 7) is 2.42. The summed E-state index contributed by atoms with van der Waals surface area (Å²) in [6.07, 6.45) is 1.29. The molecule has 1 aromatic carbocycles. The van der Waals surface area contributed by atoms with Gasteiger partial charge >= 0.3 is 11.7 Å². The molecule has 2 N–H and O–H groups in total.